The van der Waals surface area contributed by atoms with Crippen molar-refractivity contribution in [3.63, 3.8) is 0 Å². The van der Waals surface area contributed by atoms with Gasteiger partial charge in [-0.3, -0.25) is 0 Å². The fourth-order valence-electron chi connectivity index (χ4n) is 0.868. The number of hydrogen-bond donors (Lipinski definition) is 1. The molecule has 0 aromatic carbocycles. The molecule has 0 amide bonds. The Morgan fingerprint density at radius 2 is 1.75 bits per heavy atom. The number of carboxylic acids is 2. The second-order valence-corrected chi connectivity index (χ2v) is 4.14. The fraction of sp³-hybridized carbons (Fsp3) is 0.667. The van der Waals surface area contributed by atoms with Gasteiger partial charge in [-0.2, -0.15) is 0 Å². The molecule has 0 aliphatic heterocycles. The lowest BCUT2D eigenvalue weighted by Gasteiger charge is -2.23. The summed E-state index contributed by atoms with van der Waals surface area (Å²) in [7, 11) is 0. The number of ether oxygens (including phenoxy) is 1. The molecule has 0 saturated carbocycles. The Bertz CT molecular complexity index is 293. The summed E-state index contributed by atoms with van der Waals surface area (Å²) in [5, 5.41) is 21.5. The van der Waals surface area contributed by atoms with E-state index >= 15 is 0 Å². The Balaban J connectivity index is 4.48. The SMILES string of the molecule is CC(C)(C)OC(=O)[C@@H]([NH2+]CC(=O)[O-])C(=O)[O-]. The van der Waals surface area contributed by atoms with Gasteiger partial charge < -0.3 is 29.9 Å². The van der Waals surface area contributed by atoms with Crippen molar-refractivity contribution >= 4 is 17.9 Å². The molecule has 0 aromatic heterocycles. The molecular formula is C9H14NO6-. The molecule has 0 aliphatic rings. The summed E-state index contributed by atoms with van der Waals surface area (Å²) >= 11 is 0. The molecule has 0 unspecified atom stereocenters. The maximum Gasteiger partial charge on any atom is 0.371 e. The van der Waals surface area contributed by atoms with Crippen LogP contribution in [0.25, 0.3) is 0 Å². The van der Waals surface area contributed by atoms with Crippen molar-refractivity contribution < 1.29 is 34.7 Å². The van der Waals surface area contributed by atoms with Gasteiger partial charge in [0.2, 0.25) is 6.04 Å². The molecule has 0 bridgehead atoms. The molecule has 7 heteroatoms. The first-order valence-electron chi connectivity index (χ1n) is 4.60. The summed E-state index contributed by atoms with van der Waals surface area (Å²) in [4.78, 5) is 32.0. The highest BCUT2D eigenvalue weighted by Gasteiger charge is 2.28. The van der Waals surface area contributed by atoms with Gasteiger partial charge in [-0.1, -0.05) is 0 Å². The van der Waals surface area contributed by atoms with Gasteiger partial charge in [0.15, 0.2) is 0 Å². The van der Waals surface area contributed by atoms with Gasteiger partial charge in [0.1, 0.15) is 18.1 Å². The van der Waals surface area contributed by atoms with Crippen molar-refractivity contribution in [3.05, 3.63) is 0 Å². The van der Waals surface area contributed by atoms with E-state index in [-0.39, 0.29) is 0 Å². The third-order valence-electron chi connectivity index (χ3n) is 1.43. The molecule has 7 nitrogen and oxygen atoms in total. The summed E-state index contributed by atoms with van der Waals surface area (Å²) < 4.78 is 4.79. The number of carbonyl (C=O) groups is 3. The quantitative estimate of drug-likeness (QED) is 0.378. The Kier molecular flexibility index (Phi) is 4.90. The van der Waals surface area contributed by atoms with Gasteiger partial charge in [-0.05, 0) is 20.8 Å². The highest BCUT2D eigenvalue weighted by atomic mass is 16.6. The monoisotopic (exact) mass is 232 g/mol. The zero-order valence-electron chi connectivity index (χ0n) is 9.31. The number of rotatable bonds is 5. The first-order valence-corrected chi connectivity index (χ1v) is 4.60. The molecule has 0 spiro atoms. The summed E-state index contributed by atoms with van der Waals surface area (Å²) in [5.74, 6) is -4.22. The average molecular weight is 232 g/mol. The molecule has 16 heavy (non-hydrogen) atoms. The van der Waals surface area contributed by atoms with Crippen molar-refractivity contribution in [1.82, 2.24) is 0 Å². The van der Waals surface area contributed by atoms with E-state index in [0.717, 1.165) is 5.32 Å². The molecule has 0 saturated heterocycles. The molecule has 0 radical (unpaired) electrons. The summed E-state index contributed by atoms with van der Waals surface area (Å²) in [6, 6.07) is -1.70. The van der Waals surface area contributed by atoms with E-state index in [1.807, 2.05) is 0 Å². The summed E-state index contributed by atoms with van der Waals surface area (Å²) in [5.41, 5.74) is -0.847. The lowest BCUT2D eigenvalue weighted by molar-refractivity contribution is -0.668. The third kappa shape index (κ3) is 5.97. The van der Waals surface area contributed by atoms with E-state index in [9.17, 15) is 24.6 Å². The molecule has 0 fully saturated rings. The van der Waals surface area contributed by atoms with Gasteiger partial charge in [-0.15, -0.1) is 0 Å². The lowest BCUT2D eigenvalue weighted by atomic mass is 10.2. The average Bonchev–Trinajstić information content (AvgIpc) is 1.98. The third-order valence-corrected chi connectivity index (χ3v) is 1.43. The molecular weight excluding hydrogens is 218 g/mol. The van der Waals surface area contributed by atoms with E-state index in [4.69, 9.17) is 4.74 Å². The smallest absolute Gasteiger partial charge is 0.371 e. The highest BCUT2D eigenvalue weighted by Crippen LogP contribution is 2.07. The fourth-order valence-corrected chi connectivity index (χ4v) is 0.868. The van der Waals surface area contributed by atoms with E-state index in [0.29, 0.717) is 0 Å². The van der Waals surface area contributed by atoms with Crippen LogP contribution >= 0.6 is 0 Å². The Morgan fingerprint density at radius 3 is 2.06 bits per heavy atom. The van der Waals surface area contributed by atoms with Crippen LogP contribution in [0.3, 0.4) is 0 Å². The Labute approximate surface area is 92.4 Å². The van der Waals surface area contributed by atoms with E-state index in [2.05, 4.69) is 0 Å². The van der Waals surface area contributed by atoms with Crippen LogP contribution in [0.2, 0.25) is 0 Å². The predicted molar refractivity (Wildman–Crippen MR) is 46.4 cm³/mol. The number of nitrogens with two attached hydrogens (primary N) is 1. The van der Waals surface area contributed by atoms with Crippen LogP contribution in [0.5, 0.6) is 0 Å². The molecule has 0 rings (SSSR count). The van der Waals surface area contributed by atoms with Crippen LogP contribution in [0, 0.1) is 0 Å². The molecule has 92 valence electrons. The predicted octanol–water partition coefficient (Wildman–Crippen LogP) is -4.24. The number of quaternary nitrogens is 1. The minimum Gasteiger partial charge on any atom is -0.544 e. The Hall–Kier alpha value is -1.63. The molecule has 0 aromatic rings. The number of hydrogen-bond acceptors (Lipinski definition) is 6. The van der Waals surface area contributed by atoms with Crippen molar-refractivity contribution in [1.29, 1.82) is 0 Å². The highest BCUT2D eigenvalue weighted by molar-refractivity contribution is 5.95. The van der Waals surface area contributed by atoms with Crippen LogP contribution in [0.15, 0.2) is 0 Å². The maximum atomic E-state index is 11.3. The normalized spacial score (nSPS) is 12.9. The zero-order valence-corrected chi connectivity index (χ0v) is 9.31. The van der Waals surface area contributed by atoms with Crippen molar-refractivity contribution in [2.24, 2.45) is 0 Å². The molecule has 2 N–H and O–H groups in total. The lowest BCUT2D eigenvalue weighted by Crippen LogP contribution is -2.97. The van der Waals surface area contributed by atoms with Crippen LogP contribution < -0.4 is 15.5 Å². The minimum absolute atomic E-state index is 0.655. The number of esters is 1. The molecule has 0 heterocycles. The molecule has 1 atom stereocenters. The van der Waals surface area contributed by atoms with Gasteiger partial charge in [0.25, 0.3) is 0 Å². The largest absolute Gasteiger partial charge is 0.544 e. The first kappa shape index (κ1) is 14.4. The van der Waals surface area contributed by atoms with Crippen molar-refractivity contribution in [2.45, 2.75) is 32.4 Å². The van der Waals surface area contributed by atoms with E-state index < -0.39 is 36.1 Å². The minimum atomic E-state index is -1.70. The van der Waals surface area contributed by atoms with E-state index in [1.165, 1.54) is 0 Å². The number of carbonyl (C=O) groups excluding carboxylic acids is 3. The second-order valence-electron chi connectivity index (χ2n) is 4.14. The number of carboxylic acid groups (broad SMARTS) is 2. The van der Waals surface area contributed by atoms with Crippen LogP contribution in [0.4, 0.5) is 0 Å². The Morgan fingerprint density at radius 1 is 1.25 bits per heavy atom. The maximum absolute atomic E-state index is 11.3. The van der Waals surface area contributed by atoms with Gasteiger partial charge in [0.05, 0.1) is 5.97 Å². The van der Waals surface area contributed by atoms with E-state index in [1.54, 1.807) is 20.8 Å². The van der Waals surface area contributed by atoms with Crippen LogP contribution in [0.1, 0.15) is 20.8 Å². The van der Waals surface area contributed by atoms with Crippen molar-refractivity contribution in [3.8, 4) is 0 Å². The molecule has 0 aliphatic carbocycles. The zero-order chi connectivity index (χ0) is 12.9. The van der Waals surface area contributed by atoms with Gasteiger partial charge >= 0.3 is 5.97 Å². The topological polar surface area (TPSA) is 123 Å². The van der Waals surface area contributed by atoms with Crippen LogP contribution in [-0.4, -0.2) is 36.1 Å². The second kappa shape index (κ2) is 5.45. The summed E-state index contributed by atoms with van der Waals surface area (Å²) in [6.45, 7) is 4.04. The number of aliphatic carboxylic acids is 2. The first-order chi connectivity index (χ1) is 7.13. The van der Waals surface area contributed by atoms with Crippen molar-refractivity contribution in [2.75, 3.05) is 6.54 Å². The van der Waals surface area contributed by atoms with Crippen LogP contribution in [-0.2, 0) is 19.1 Å². The standard InChI is InChI=1S/C9H15NO6/c1-9(2,3)16-8(15)6(7(13)14)10-4-5(11)12/h6,10H,4H2,1-3H3,(H,11,12)(H,13,14)/p-1/t6-/m0/s1. The van der Waals surface area contributed by atoms with Gasteiger partial charge in [-0.25, -0.2) is 4.79 Å². The summed E-state index contributed by atoms with van der Waals surface area (Å²) in [6.07, 6.45) is 0. The van der Waals surface area contributed by atoms with Gasteiger partial charge in [0, 0.05) is 0 Å².